The number of nitrogens with zero attached hydrogens (tertiary/aromatic N) is 1. The molecule has 1 fully saturated rings. The van der Waals surface area contributed by atoms with Crippen molar-refractivity contribution in [1.29, 1.82) is 0 Å². The van der Waals surface area contributed by atoms with Crippen molar-refractivity contribution in [1.82, 2.24) is 4.90 Å². The molecule has 1 saturated heterocycles. The normalized spacial score (nSPS) is 16.7. The number of benzene rings is 3. The number of fused-ring (bicyclic) bond motifs is 1. The van der Waals surface area contributed by atoms with Crippen LogP contribution < -0.4 is 0 Å². The molecule has 0 unspecified atom stereocenters. The van der Waals surface area contributed by atoms with E-state index in [9.17, 15) is 13.2 Å². The zero-order valence-electron chi connectivity index (χ0n) is 21.0. The molecule has 0 spiro atoms. The quantitative estimate of drug-likeness (QED) is 0.309. The van der Waals surface area contributed by atoms with Gasteiger partial charge in [-0.25, -0.2) is 8.78 Å². The van der Waals surface area contributed by atoms with Crippen molar-refractivity contribution in [2.45, 2.75) is 45.5 Å². The Kier molecular flexibility index (Phi) is 7.62. The van der Waals surface area contributed by atoms with E-state index >= 15 is 0 Å². The molecule has 0 amide bonds. The van der Waals surface area contributed by atoms with E-state index in [0.29, 0.717) is 17.9 Å². The summed E-state index contributed by atoms with van der Waals surface area (Å²) >= 11 is 0. The molecule has 2 aliphatic rings. The number of aryl methyl sites for hydroxylation is 2. The average molecular weight is 490 g/mol. The summed E-state index contributed by atoms with van der Waals surface area (Å²) in [5.74, 6) is 0.616. The fourth-order valence-corrected chi connectivity index (χ4v) is 5.87. The average Bonchev–Trinajstić information content (AvgIpc) is 3.05. The Morgan fingerprint density at radius 2 is 1.69 bits per heavy atom. The van der Waals surface area contributed by atoms with Gasteiger partial charge >= 0.3 is 0 Å². The molecule has 0 aromatic heterocycles. The highest BCUT2D eigenvalue weighted by molar-refractivity contribution is 6.00. The van der Waals surface area contributed by atoms with E-state index in [1.165, 1.54) is 11.1 Å². The summed E-state index contributed by atoms with van der Waals surface area (Å²) in [7, 11) is 0. The Bertz CT molecular complexity index is 1220. The number of halogens is 3. The smallest absolute Gasteiger partial charge is 0.264 e. The van der Waals surface area contributed by atoms with E-state index in [1.54, 1.807) is 6.07 Å². The van der Waals surface area contributed by atoms with Gasteiger partial charge in [-0.2, -0.15) is 0 Å². The molecular formula is C32H34F3N. The third kappa shape index (κ3) is 5.29. The molecule has 3 aromatic rings. The summed E-state index contributed by atoms with van der Waals surface area (Å²) < 4.78 is 40.7. The summed E-state index contributed by atoms with van der Waals surface area (Å²) in [4.78, 5) is 2.32. The predicted molar refractivity (Wildman–Crippen MR) is 142 cm³/mol. The van der Waals surface area contributed by atoms with Crippen LogP contribution in [0, 0.1) is 12.8 Å². The van der Waals surface area contributed by atoms with Crippen LogP contribution >= 0.6 is 0 Å². The first-order valence-corrected chi connectivity index (χ1v) is 13.1. The van der Waals surface area contributed by atoms with E-state index in [-0.39, 0.29) is 12.2 Å². The molecule has 0 bridgehead atoms. The van der Waals surface area contributed by atoms with Crippen LogP contribution in [0.3, 0.4) is 0 Å². The first kappa shape index (κ1) is 24.8. The van der Waals surface area contributed by atoms with Crippen molar-refractivity contribution in [3.63, 3.8) is 0 Å². The fourth-order valence-electron chi connectivity index (χ4n) is 5.87. The van der Waals surface area contributed by atoms with Gasteiger partial charge in [0.2, 0.25) is 0 Å². The minimum atomic E-state index is -2.51. The third-order valence-electron chi connectivity index (χ3n) is 7.64. The lowest BCUT2D eigenvalue weighted by Crippen LogP contribution is -2.47. The van der Waals surface area contributed by atoms with Gasteiger partial charge in [-0.05, 0) is 90.0 Å². The Morgan fingerprint density at radius 3 is 2.44 bits per heavy atom. The van der Waals surface area contributed by atoms with Gasteiger partial charge in [-0.1, -0.05) is 66.2 Å². The first-order chi connectivity index (χ1) is 17.5. The lowest BCUT2D eigenvalue weighted by molar-refractivity contribution is 0.0968. The largest absolute Gasteiger partial charge is 0.303 e. The first-order valence-electron chi connectivity index (χ1n) is 13.1. The van der Waals surface area contributed by atoms with Crippen LogP contribution in [0.15, 0.2) is 66.7 Å². The van der Waals surface area contributed by atoms with Crippen LogP contribution in [0.2, 0.25) is 0 Å². The van der Waals surface area contributed by atoms with Crippen LogP contribution in [0.1, 0.15) is 64.6 Å². The molecular weight excluding hydrogens is 455 g/mol. The number of allylic oxidation sites excluding steroid dienone is 1. The zero-order valence-corrected chi connectivity index (χ0v) is 21.0. The van der Waals surface area contributed by atoms with E-state index in [4.69, 9.17) is 0 Å². The lowest BCUT2D eigenvalue weighted by Gasteiger charge is -2.39. The van der Waals surface area contributed by atoms with Gasteiger partial charge in [-0.15, -0.1) is 0 Å². The summed E-state index contributed by atoms with van der Waals surface area (Å²) in [6.07, 6.45) is 1.77. The molecule has 36 heavy (non-hydrogen) atoms. The fraction of sp³-hybridized carbons (Fsp3) is 0.375. The SMILES string of the molecule is Cc1ccc(C2=C(c3ccc(CC4CN(CCCF)C4)cc3)c3ccccc3CCC2)c(C(F)F)c1. The highest BCUT2D eigenvalue weighted by atomic mass is 19.3. The summed E-state index contributed by atoms with van der Waals surface area (Å²) in [6.45, 7) is 4.55. The second-order valence-electron chi connectivity index (χ2n) is 10.3. The van der Waals surface area contributed by atoms with Crippen molar-refractivity contribution < 1.29 is 13.2 Å². The van der Waals surface area contributed by atoms with Crippen molar-refractivity contribution in [3.05, 3.63) is 106 Å². The second-order valence-corrected chi connectivity index (χ2v) is 10.3. The van der Waals surface area contributed by atoms with Crippen molar-refractivity contribution in [3.8, 4) is 0 Å². The molecule has 0 atom stereocenters. The van der Waals surface area contributed by atoms with Crippen LogP contribution in [-0.2, 0) is 12.8 Å². The van der Waals surface area contributed by atoms with Gasteiger partial charge in [0.25, 0.3) is 6.43 Å². The van der Waals surface area contributed by atoms with E-state index in [2.05, 4.69) is 47.4 Å². The molecule has 1 aliphatic carbocycles. The third-order valence-corrected chi connectivity index (χ3v) is 7.64. The standard InChI is InChI=1S/C32H34F3N/c1-22-10-15-28(30(18-22)32(34)35)29-9-4-7-25-6-2-3-8-27(25)31(29)26-13-11-23(12-14-26)19-24-20-36(21-24)17-5-16-33/h2-3,6,8,10-15,18,24,32H,4-5,7,9,16-17,19-21H2,1H3. The van der Waals surface area contributed by atoms with Crippen molar-refractivity contribution in [2.75, 3.05) is 26.3 Å². The highest BCUT2D eigenvalue weighted by Gasteiger charge is 2.27. The van der Waals surface area contributed by atoms with E-state index in [1.807, 2.05) is 25.1 Å². The molecule has 1 nitrogen and oxygen atoms in total. The molecule has 3 aromatic carbocycles. The van der Waals surface area contributed by atoms with Crippen molar-refractivity contribution >= 4 is 11.1 Å². The van der Waals surface area contributed by atoms with E-state index < -0.39 is 6.43 Å². The van der Waals surface area contributed by atoms with Crippen LogP contribution in [0.25, 0.3) is 11.1 Å². The molecule has 1 aliphatic heterocycles. The number of hydrogen-bond donors (Lipinski definition) is 0. The van der Waals surface area contributed by atoms with Crippen LogP contribution in [0.5, 0.6) is 0 Å². The Balaban J connectivity index is 1.50. The van der Waals surface area contributed by atoms with Gasteiger partial charge in [0.15, 0.2) is 0 Å². The summed E-state index contributed by atoms with van der Waals surface area (Å²) in [5.41, 5.74) is 8.57. The van der Waals surface area contributed by atoms with Crippen LogP contribution in [-0.4, -0.2) is 31.2 Å². The molecule has 5 rings (SSSR count). The molecule has 4 heteroatoms. The Morgan fingerprint density at radius 1 is 0.917 bits per heavy atom. The van der Waals surface area contributed by atoms with Crippen LogP contribution in [0.4, 0.5) is 13.2 Å². The molecule has 0 radical (unpaired) electrons. The number of rotatable bonds is 8. The van der Waals surface area contributed by atoms with Gasteiger partial charge in [-0.3, -0.25) is 4.39 Å². The second kappa shape index (κ2) is 11.0. The van der Waals surface area contributed by atoms with Gasteiger partial charge in [0.1, 0.15) is 0 Å². The monoisotopic (exact) mass is 489 g/mol. The molecule has 0 saturated carbocycles. The number of hydrogen-bond acceptors (Lipinski definition) is 1. The maximum Gasteiger partial charge on any atom is 0.264 e. The number of alkyl halides is 3. The summed E-state index contributed by atoms with van der Waals surface area (Å²) in [6, 6.07) is 22.6. The number of likely N-dealkylation sites (tertiary alicyclic amines) is 1. The Hall–Kier alpha value is -2.85. The highest BCUT2D eigenvalue weighted by Crippen LogP contribution is 2.42. The van der Waals surface area contributed by atoms with Gasteiger partial charge in [0.05, 0.1) is 6.67 Å². The predicted octanol–water partition coefficient (Wildman–Crippen LogP) is 8.06. The minimum absolute atomic E-state index is 0.126. The van der Waals surface area contributed by atoms with E-state index in [0.717, 1.165) is 73.2 Å². The lowest BCUT2D eigenvalue weighted by atomic mass is 9.85. The topological polar surface area (TPSA) is 3.24 Å². The molecule has 0 N–H and O–H groups in total. The van der Waals surface area contributed by atoms with Crippen molar-refractivity contribution in [2.24, 2.45) is 5.92 Å². The zero-order chi connectivity index (χ0) is 25.1. The van der Waals surface area contributed by atoms with Gasteiger partial charge in [0, 0.05) is 25.2 Å². The van der Waals surface area contributed by atoms with Gasteiger partial charge < -0.3 is 4.90 Å². The molecule has 1 heterocycles. The maximum atomic E-state index is 14.2. The minimum Gasteiger partial charge on any atom is -0.303 e. The molecule has 188 valence electrons. The summed E-state index contributed by atoms with van der Waals surface area (Å²) in [5, 5.41) is 0. The Labute approximate surface area is 212 Å². The maximum absolute atomic E-state index is 14.2.